The van der Waals surface area contributed by atoms with Crippen molar-refractivity contribution < 1.29 is 22.7 Å². The average Bonchev–Trinajstić information content (AvgIpc) is 2.53. The largest absolute Gasteiger partial charge is 0.391 e. The molecule has 2 saturated carbocycles. The Bertz CT molecular complexity index is 411. The number of ether oxygens (including phenoxy) is 1. The second-order valence-electron chi connectivity index (χ2n) is 6.89. The van der Waals surface area contributed by atoms with Gasteiger partial charge in [0.05, 0.1) is 24.7 Å². The highest BCUT2D eigenvalue weighted by Crippen LogP contribution is 2.41. The second-order valence-corrected chi connectivity index (χ2v) is 6.89. The fraction of sp³-hybridized carbons (Fsp3) is 0.938. The quantitative estimate of drug-likeness (QED) is 0.740. The first-order valence-corrected chi connectivity index (χ1v) is 8.45. The molecule has 126 valence electrons. The molecule has 3 aliphatic rings. The first-order chi connectivity index (χ1) is 10.5. The molecule has 4 atom stereocenters. The third-order valence-electron chi connectivity index (χ3n) is 5.50. The standard InChI is InChI=1S/C16H24F3NO2/c17-16(18,19)12-5-3-4-11(10-12)15(21)20-8-9-22-14-7-2-1-6-13(14)20/h11-14H,1-10H2/t11-,12+,13+,14-/m1/s1. The monoisotopic (exact) mass is 319 g/mol. The lowest BCUT2D eigenvalue weighted by atomic mass is 9.79. The van der Waals surface area contributed by atoms with Gasteiger partial charge in [-0.3, -0.25) is 4.79 Å². The minimum Gasteiger partial charge on any atom is -0.374 e. The average molecular weight is 319 g/mol. The number of amides is 1. The van der Waals surface area contributed by atoms with Gasteiger partial charge in [0.1, 0.15) is 0 Å². The summed E-state index contributed by atoms with van der Waals surface area (Å²) >= 11 is 0. The summed E-state index contributed by atoms with van der Waals surface area (Å²) in [6.45, 7) is 1.05. The van der Waals surface area contributed by atoms with Crippen LogP contribution in [0.3, 0.4) is 0 Å². The molecule has 1 amide bonds. The Kier molecular flexibility index (Phi) is 4.67. The Morgan fingerprint density at radius 2 is 1.82 bits per heavy atom. The predicted octanol–water partition coefficient (Wildman–Crippen LogP) is 3.53. The maximum absolute atomic E-state index is 12.9. The number of nitrogens with zero attached hydrogens (tertiary/aromatic N) is 1. The van der Waals surface area contributed by atoms with Gasteiger partial charge in [0, 0.05) is 12.5 Å². The van der Waals surface area contributed by atoms with Gasteiger partial charge in [-0.25, -0.2) is 0 Å². The zero-order valence-corrected chi connectivity index (χ0v) is 12.8. The number of alkyl halides is 3. The molecule has 1 heterocycles. The van der Waals surface area contributed by atoms with E-state index >= 15 is 0 Å². The van der Waals surface area contributed by atoms with Crippen LogP contribution in [0.15, 0.2) is 0 Å². The maximum atomic E-state index is 12.9. The highest BCUT2D eigenvalue weighted by molar-refractivity contribution is 5.79. The van der Waals surface area contributed by atoms with Crippen LogP contribution in [0.5, 0.6) is 0 Å². The molecule has 0 aromatic carbocycles. The molecule has 3 fully saturated rings. The van der Waals surface area contributed by atoms with Gasteiger partial charge in [-0.05, 0) is 32.1 Å². The number of carbonyl (C=O) groups is 1. The summed E-state index contributed by atoms with van der Waals surface area (Å²) in [6.07, 6.45) is 1.23. The van der Waals surface area contributed by atoms with E-state index in [0.29, 0.717) is 26.0 Å². The van der Waals surface area contributed by atoms with E-state index in [1.807, 2.05) is 4.90 Å². The number of hydrogen-bond donors (Lipinski definition) is 0. The van der Waals surface area contributed by atoms with Gasteiger partial charge in [0.15, 0.2) is 0 Å². The van der Waals surface area contributed by atoms with Gasteiger partial charge in [-0.2, -0.15) is 13.2 Å². The SMILES string of the molecule is O=C([C@@H]1CCC[C@H](C(F)(F)F)C1)N1CCO[C@@H]2CCCC[C@@H]21. The number of morpholine rings is 1. The van der Waals surface area contributed by atoms with E-state index in [1.165, 1.54) is 0 Å². The lowest BCUT2D eigenvalue weighted by Gasteiger charge is -2.45. The molecule has 6 heteroatoms. The second kappa shape index (κ2) is 6.38. The lowest BCUT2D eigenvalue weighted by Crippen LogP contribution is -2.56. The van der Waals surface area contributed by atoms with E-state index in [1.54, 1.807) is 0 Å². The summed E-state index contributed by atoms with van der Waals surface area (Å²) in [7, 11) is 0. The van der Waals surface area contributed by atoms with Crippen molar-refractivity contribution in [3.8, 4) is 0 Å². The summed E-state index contributed by atoms with van der Waals surface area (Å²) in [6, 6.07) is 0.0845. The van der Waals surface area contributed by atoms with E-state index in [0.717, 1.165) is 25.7 Å². The molecule has 3 rings (SSSR count). The van der Waals surface area contributed by atoms with Gasteiger partial charge in [-0.1, -0.05) is 19.3 Å². The summed E-state index contributed by atoms with van der Waals surface area (Å²) in [5, 5.41) is 0. The highest BCUT2D eigenvalue weighted by Gasteiger charge is 2.46. The Balaban J connectivity index is 1.67. The molecule has 0 spiro atoms. The minimum absolute atomic E-state index is 0.0307. The van der Waals surface area contributed by atoms with Gasteiger partial charge < -0.3 is 9.64 Å². The number of fused-ring (bicyclic) bond motifs is 1. The van der Waals surface area contributed by atoms with Crippen LogP contribution in [0.4, 0.5) is 13.2 Å². The maximum Gasteiger partial charge on any atom is 0.391 e. The zero-order valence-electron chi connectivity index (χ0n) is 12.8. The molecule has 2 aliphatic carbocycles. The molecule has 0 N–H and O–H groups in total. The minimum atomic E-state index is -4.17. The molecule has 0 bridgehead atoms. The summed E-state index contributed by atoms with van der Waals surface area (Å²) < 4.78 is 44.6. The Morgan fingerprint density at radius 3 is 2.59 bits per heavy atom. The predicted molar refractivity (Wildman–Crippen MR) is 75.2 cm³/mol. The van der Waals surface area contributed by atoms with E-state index in [-0.39, 0.29) is 30.9 Å². The van der Waals surface area contributed by atoms with E-state index in [4.69, 9.17) is 4.74 Å². The molecule has 22 heavy (non-hydrogen) atoms. The van der Waals surface area contributed by atoms with Crippen LogP contribution >= 0.6 is 0 Å². The molecule has 0 radical (unpaired) electrons. The Morgan fingerprint density at radius 1 is 1.05 bits per heavy atom. The molecular weight excluding hydrogens is 295 g/mol. The van der Waals surface area contributed by atoms with Crippen molar-refractivity contribution in [1.29, 1.82) is 0 Å². The fourth-order valence-electron chi connectivity index (χ4n) is 4.32. The van der Waals surface area contributed by atoms with Crippen molar-refractivity contribution in [3.63, 3.8) is 0 Å². The van der Waals surface area contributed by atoms with E-state index < -0.39 is 18.0 Å². The van der Waals surface area contributed by atoms with Crippen LogP contribution < -0.4 is 0 Å². The highest BCUT2D eigenvalue weighted by atomic mass is 19.4. The van der Waals surface area contributed by atoms with Crippen LogP contribution in [-0.4, -0.2) is 42.3 Å². The van der Waals surface area contributed by atoms with Crippen molar-refractivity contribution in [1.82, 2.24) is 4.90 Å². The number of hydrogen-bond acceptors (Lipinski definition) is 2. The van der Waals surface area contributed by atoms with Crippen LogP contribution in [0, 0.1) is 11.8 Å². The van der Waals surface area contributed by atoms with Crippen LogP contribution in [-0.2, 0) is 9.53 Å². The number of halogens is 3. The van der Waals surface area contributed by atoms with Crippen LogP contribution in [0.25, 0.3) is 0 Å². The Labute approximate surface area is 129 Å². The van der Waals surface area contributed by atoms with Crippen LogP contribution in [0.2, 0.25) is 0 Å². The molecule has 1 saturated heterocycles. The number of rotatable bonds is 1. The zero-order chi connectivity index (χ0) is 15.7. The first-order valence-electron chi connectivity index (χ1n) is 8.45. The normalized spacial score (nSPS) is 36.8. The van der Waals surface area contributed by atoms with Gasteiger partial charge in [0.25, 0.3) is 0 Å². The van der Waals surface area contributed by atoms with E-state index in [2.05, 4.69) is 0 Å². The topological polar surface area (TPSA) is 29.5 Å². The molecule has 0 aromatic heterocycles. The van der Waals surface area contributed by atoms with E-state index in [9.17, 15) is 18.0 Å². The molecule has 0 unspecified atom stereocenters. The van der Waals surface area contributed by atoms with Gasteiger partial charge in [0.2, 0.25) is 5.91 Å². The van der Waals surface area contributed by atoms with Crippen molar-refractivity contribution in [3.05, 3.63) is 0 Å². The van der Waals surface area contributed by atoms with Gasteiger partial charge >= 0.3 is 6.18 Å². The first kappa shape index (κ1) is 16.1. The van der Waals surface area contributed by atoms with Crippen molar-refractivity contribution in [2.75, 3.05) is 13.2 Å². The fourth-order valence-corrected chi connectivity index (χ4v) is 4.32. The van der Waals surface area contributed by atoms with Crippen molar-refractivity contribution in [2.45, 2.75) is 69.7 Å². The van der Waals surface area contributed by atoms with Gasteiger partial charge in [-0.15, -0.1) is 0 Å². The third kappa shape index (κ3) is 3.26. The summed E-state index contributed by atoms with van der Waals surface area (Å²) in [4.78, 5) is 14.6. The summed E-state index contributed by atoms with van der Waals surface area (Å²) in [5.74, 6) is -1.83. The smallest absolute Gasteiger partial charge is 0.374 e. The number of carbonyl (C=O) groups excluding carboxylic acids is 1. The van der Waals surface area contributed by atoms with Crippen molar-refractivity contribution >= 4 is 5.91 Å². The van der Waals surface area contributed by atoms with Crippen molar-refractivity contribution in [2.24, 2.45) is 11.8 Å². The molecule has 3 nitrogen and oxygen atoms in total. The Hall–Kier alpha value is -0.780. The molecule has 0 aromatic rings. The molecule has 1 aliphatic heterocycles. The third-order valence-corrected chi connectivity index (χ3v) is 5.50. The lowest BCUT2D eigenvalue weighted by molar-refractivity contribution is -0.189. The summed E-state index contributed by atoms with van der Waals surface area (Å²) in [5.41, 5.74) is 0. The molecular formula is C16H24F3NO2. The van der Waals surface area contributed by atoms with Crippen LogP contribution in [0.1, 0.15) is 51.4 Å².